The van der Waals surface area contributed by atoms with Gasteiger partial charge >= 0.3 is 27.3 Å². The van der Waals surface area contributed by atoms with Gasteiger partial charge in [0.1, 0.15) is 0 Å². The molecule has 0 amide bonds. The van der Waals surface area contributed by atoms with E-state index in [1.165, 1.54) is 0 Å². The van der Waals surface area contributed by atoms with Crippen molar-refractivity contribution < 1.29 is 129 Å². The first-order chi connectivity index (χ1) is 0. The van der Waals surface area contributed by atoms with Crippen molar-refractivity contribution in [1.82, 2.24) is 0 Å². The molecule has 0 heterocycles. The summed E-state index contributed by atoms with van der Waals surface area (Å²) in [5.41, 5.74) is 0. The van der Waals surface area contributed by atoms with E-state index >= 15 is 0 Å². The molecule has 0 aliphatic rings. The maximum atomic E-state index is 0. The molecule has 0 nitrogen and oxygen atoms in total. The first kappa shape index (κ1) is 57.2. The third kappa shape index (κ3) is 35.3. The molecule has 7 heteroatoms. The fourth-order valence-corrected chi connectivity index (χ4v) is 0. The van der Waals surface area contributed by atoms with E-state index in [1.807, 2.05) is 0 Å². The van der Waals surface area contributed by atoms with Gasteiger partial charge in [0.2, 0.25) is 0 Å². The van der Waals surface area contributed by atoms with Crippen molar-refractivity contribution >= 4 is 27.3 Å². The summed E-state index contributed by atoms with van der Waals surface area (Å²) in [6.45, 7) is 0. The second-order valence-corrected chi connectivity index (χ2v) is 0. The van der Waals surface area contributed by atoms with Crippen molar-refractivity contribution in [2.45, 2.75) is 0 Å². The van der Waals surface area contributed by atoms with Crippen LogP contribution in [0, 0.1) is 0 Å². The minimum absolute atomic E-state index is 0. The summed E-state index contributed by atoms with van der Waals surface area (Å²) >= 11 is 0. The molecule has 0 atom stereocenters. The molecule has 4 radical (unpaired) electrons. The van der Waals surface area contributed by atoms with Crippen molar-refractivity contribution in [3.63, 3.8) is 0 Å². The van der Waals surface area contributed by atoms with Gasteiger partial charge in [-0.1, -0.05) is 0 Å². The SMILES string of the molecule is [Nb].[Nb].[Ni].[PbH2].[Ti].[Zn].[Zr]. The Balaban J connectivity index is 0. The maximum absolute atomic E-state index is 0. The number of hydrogen-bond donors (Lipinski definition) is 0. The summed E-state index contributed by atoms with van der Waals surface area (Å²) in [6.07, 6.45) is 0. The molecule has 0 aliphatic carbocycles. The Hall–Kier alpha value is 5.12. The van der Waals surface area contributed by atoms with Crippen LogP contribution in [0.4, 0.5) is 0 Å². The number of rotatable bonds is 0. The standard InChI is InChI=1S/2Nb.Ni.Pb.Ti.Zn.Zr.2H. The fourth-order valence-electron chi connectivity index (χ4n) is 0. The fraction of sp³-hybridized carbons (Fsp3) is 0. The first-order valence-electron chi connectivity index (χ1n) is 0. The maximum Gasteiger partial charge on any atom is 0 e. The Morgan fingerprint density at radius 3 is 0.857 bits per heavy atom. The van der Waals surface area contributed by atoms with Crippen molar-refractivity contribution in [3.8, 4) is 0 Å². The summed E-state index contributed by atoms with van der Waals surface area (Å²) in [5, 5.41) is 0. The molecule has 0 saturated carbocycles. The van der Waals surface area contributed by atoms with E-state index in [9.17, 15) is 0 Å². The summed E-state index contributed by atoms with van der Waals surface area (Å²) < 4.78 is 0. The molecule has 0 spiro atoms. The second-order valence-electron chi connectivity index (χ2n) is 0. The topological polar surface area (TPSA) is 0 Å². The molecule has 0 aromatic rings. The minimum Gasteiger partial charge on any atom is 0 e. The van der Waals surface area contributed by atoms with Gasteiger partial charge in [-0.05, 0) is 0 Å². The van der Waals surface area contributed by atoms with Gasteiger partial charge in [0.15, 0.2) is 0 Å². The van der Waals surface area contributed by atoms with Crippen molar-refractivity contribution in [2.24, 2.45) is 0 Å². The summed E-state index contributed by atoms with van der Waals surface area (Å²) in [4.78, 5) is 0. The van der Waals surface area contributed by atoms with E-state index in [0.717, 1.165) is 0 Å². The van der Waals surface area contributed by atoms with Gasteiger partial charge in [0, 0.05) is 129 Å². The summed E-state index contributed by atoms with van der Waals surface area (Å²) in [6, 6.07) is 0. The molecule has 0 fully saturated rings. The zero-order valence-electron chi connectivity index (χ0n) is 3.62. The van der Waals surface area contributed by atoms with E-state index < -0.39 is 0 Å². The Bertz CT molecular complexity index is 17.7. The molecule has 0 saturated heterocycles. The van der Waals surface area contributed by atoms with Gasteiger partial charge in [-0.15, -0.1) is 0 Å². The van der Waals surface area contributed by atoms with E-state index in [4.69, 9.17) is 0 Å². The molecule has 0 rings (SSSR count). The molecule has 0 aromatic heterocycles. The van der Waals surface area contributed by atoms with Crippen LogP contribution in [-0.2, 0) is 129 Å². The molecule has 0 unspecified atom stereocenters. The monoisotopic (exact) mass is 656 g/mol. The van der Waals surface area contributed by atoms with Gasteiger partial charge < -0.3 is 0 Å². The quantitative estimate of drug-likeness (QED) is 0.296. The summed E-state index contributed by atoms with van der Waals surface area (Å²) in [5.74, 6) is 0. The van der Waals surface area contributed by atoms with Gasteiger partial charge in [-0.3, -0.25) is 0 Å². The average Bonchev–Trinajstić information content (AvgIpc) is 0. The van der Waals surface area contributed by atoms with Gasteiger partial charge in [0.05, 0.1) is 0 Å². The van der Waals surface area contributed by atoms with Crippen LogP contribution in [-0.4, -0.2) is 27.3 Å². The minimum atomic E-state index is 0. The van der Waals surface area contributed by atoms with Crippen LogP contribution in [0.15, 0.2) is 0 Å². The van der Waals surface area contributed by atoms with Crippen molar-refractivity contribution in [3.05, 3.63) is 0 Å². The van der Waals surface area contributed by atoms with Crippen LogP contribution in [0.2, 0.25) is 0 Å². The third-order valence-electron chi connectivity index (χ3n) is 0. The van der Waals surface area contributed by atoms with Crippen LogP contribution >= 0.6 is 0 Å². The Kier molecular flexibility index (Phi) is 355. The van der Waals surface area contributed by atoms with E-state index in [-0.39, 0.29) is 156 Å². The molecular formula is H2Nb2NiPbTiZnZr. The van der Waals surface area contributed by atoms with Crippen LogP contribution < -0.4 is 0 Å². The molecular weight excluding hydrogens is 656 g/mol. The average molecular weight is 658 g/mol. The number of hydrogen-bond acceptors (Lipinski definition) is 0. The second kappa shape index (κ2) is 43.5. The predicted octanol–water partition coefficient (Wildman–Crippen LogP) is -0.931. The van der Waals surface area contributed by atoms with Crippen molar-refractivity contribution in [2.75, 3.05) is 0 Å². The van der Waals surface area contributed by atoms with E-state index in [0.29, 0.717) is 0 Å². The van der Waals surface area contributed by atoms with Crippen LogP contribution in [0.25, 0.3) is 0 Å². The third-order valence-corrected chi connectivity index (χ3v) is 0. The van der Waals surface area contributed by atoms with Crippen LogP contribution in [0.5, 0.6) is 0 Å². The van der Waals surface area contributed by atoms with Crippen molar-refractivity contribution in [1.29, 1.82) is 0 Å². The van der Waals surface area contributed by atoms with Gasteiger partial charge in [0.25, 0.3) is 0 Å². The largest absolute Gasteiger partial charge is 0 e. The molecule has 0 N–H and O–H groups in total. The summed E-state index contributed by atoms with van der Waals surface area (Å²) in [7, 11) is 0. The molecule has 0 aromatic carbocycles. The normalized spacial score (nSPS) is 0. The van der Waals surface area contributed by atoms with Gasteiger partial charge in [-0.25, -0.2) is 0 Å². The zero-order valence-corrected chi connectivity index (χ0v) is 21.5. The predicted molar refractivity (Wildman–Crippen MR) is 8.54 cm³/mol. The molecule has 36 valence electrons. The van der Waals surface area contributed by atoms with E-state index in [1.54, 1.807) is 0 Å². The smallest absolute Gasteiger partial charge is 0 e. The molecule has 7 heavy (non-hydrogen) atoms. The Morgan fingerprint density at radius 2 is 0.857 bits per heavy atom. The first-order valence-corrected chi connectivity index (χ1v) is 0. The zero-order chi connectivity index (χ0) is 0. The molecule has 0 aliphatic heterocycles. The van der Waals surface area contributed by atoms with E-state index in [2.05, 4.69) is 0 Å². The molecule has 0 bridgehead atoms. The van der Waals surface area contributed by atoms with Gasteiger partial charge in [-0.2, -0.15) is 0 Å². The van der Waals surface area contributed by atoms with Crippen LogP contribution in [0.1, 0.15) is 0 Å². The Labute approximate surface area is 152 Å². The van der Waals surface area contributed by atoms with Crippen LogP contribution in [0.3, 0.4) is 0 Å². The Morgan fingerprint density at radius 1 is 0.857 bits per heavy atom.